The summed E-state index contributed by atoms with van der Waals surface area (Å²) in [4.78, 5) is 48.9. The van der Waals surface area contributed by atoms with Gasteiger partial charge < -0.3 is 19.7 Å². The van der Waals surface area contributed by atoms with Crippen LogP contribution in [0.5, 0.6) is 0 Å². The Morgan fingerprint density at radius 3 is 2.50 bits per heavy atom. The minimum Gasteiger partial charge on any atom is -0.481 e. The molecule has 0 bridgehead atoms. The van der Waals surface area contributed by atoms with Gasteiger partial charge in [-0.05, 0) is 79.6 Å². The van der Waals surface area contributed by atoms with Crippen LogP contribution >= 0.6 is 0 Å². The van der Waals surface area contributed by atoms with Crippen molar-refractivity contribution in [2.45, 2.75) is 84.0 Å². The number of rotatable bonds is 9. The first kappa shape index (κ1) is 28.7. The molecule has 216 valence electrons. The van der Waals surface area contributed by atoms with Crippen LogP contribution in [0.25, 0.3) is 0 Å². The van der Waals surface area contributed by atoms with E-state index in [1.165, 1.54) is 5.57 Å². The summed E-state index contributed by atoms with van der Waals surface area (Å²) >= 11 is 0. The molecule has 0 spiro atoms. The molecule has 3 saturated carbocycles. The van der Waals surface area contributed by atoms with Gasteiger partial charge in [-0.15, -0.1) is 0 Å². The van der Waals surface area contributed by atoms with Crippen LogP contribution < -0.4 is 0 Å². The standard InChI is InChI=1S/C32H40O8/c1-31-15-14-23-21(22(31)10-11-24(31)26(34)18-39-29(37)13-12-28(35)36)9-8-20-16-25(33)27(17-32(20,23)2)40-30(38)19-6-4-3-5-7-19/h3-7,16,21-24,27,30,38H,8-15,17-18H2,1-2H3,(H,35,36)/t21-,22-,23-,24+,27?,30?,31-,32-/m0/s1. The van der Waals surface area contributed by atoms with E-state index in [1.54, 1.807) is 18.2 Å². The average molecular weight is 553 g/mol. The molecule has 0 aromatic heterocycles. The van der Waals surface area contributed by atoms with Gasteiger partial charge >= 0.3 is 11.9 Å². The Hall–Kier alpha value is -2.84. The van der Waals surface area contributed by atoms with E-state index in [4.69, 9.17) is 14.6 Å². The summed E-state index contributed by atoms with van der Waals surface area (Å²) < 4.78 is 11.1. The van der Waals surface area contributed by atoms with Gasteiger partial charge in [-0.2, -0.15) is 0 Å². The van der Waals surface area contributed by atoms with E-state index in [-0.39, 0.29) is 47.8 Å². The molecule has 0 amide bonds. The fraction of sp³-hybridized carbons (Fsp3) is 0.625. The molecule has 40 heavy (non-hydrogen) atoms. The monoisotopic (exact) mass is 552 g/mol. The van der Waals surface area contributed by atoms with Crippen molar-refractivity contribution in [3.8, 4) is 0 Å². The molecule has 4 aliphatic carbocycles. The summed E-state index contributed by atoms with van der Waals surface area (Å²) in [7, 11) is 0. The van der Waals surface area contributed by atoms with Gasteiger partial charge in [-0.25, -0.2) is 0 Å². The molecule has 0 aliphatic heterocycles. The highest BCUT2D eigenvalue weighted by Crippen LogP contribution is 2.66. The van der Waals surface area contributed by atoms with E-state index in [0.717, 1.165) is 38.5 Å². The number of carboxylic acid groups (broad SMARTS) is 1. The quantitative estimate of drug-likeness (QED) is 0.330. The second kappa shape index (κ2) is 11.2. The highest BCUT2D eigenvalue weighted by molar-refractivity contribution is 5.95. The van der Waals surface area contributed by atoms with E-state index in [9.17, 15) is 24.3 Å². The zero-order valence-corrected chi connectivity index (χ0v) is 23.3. The summed E-state index contributed by atoms with van der Waals surface area (Å²) in [5, 5.41) is 19.5. The summed E-state index contributed by atoms with van der Waals surface area (Å²) in [5.74, 6) is -0.898. The van der Waals surface area contributed by atoms with Gasteiger partial charge in [0.2, 0.25) is 0 Å². The van der Waals surface area contributed by atoms with Gasteiger partial charge in [0.1, 0.15) is 12.7 Å². The second-order valence-corrected chi connectivity index (χ2v) is 12.7. The van der Waals surface area contributed by atoms with Gasteiger partial charge in [0, 0.05) is 11.5 Å². The predicted molar refractivity (Wildman–Crippen MR) is 145 cm³/mol. The first-order chi connectivity index (χ1) is 19.0. The molecule has 1 aromatic carbocycles. The van der Waals surface area contributed by atoms with E-state index in [2.05, 4.69) is 13.8 Å². The maximum atomic E-state index is 13.2. The van der Waals surface area contributed by atoms with Crippen molar-refractivity contribution in [2.75, 3.05) is 6.61 Å². The van der Waals surface area contributed by atoms with Crippen molar-refractivity contribution in [1.82, 2.24) is 0 Å². The lowest BCUT2D eigenvalue weighted by atomic mass is 9.46. The SMILES string of the molecule is C[C@]12CC[C@H]3[C@@H](CCC4=CC(=O)C(OC(O)c5ccccc5)C[C@@]43C)[C@@H]1CC[C@@H]2C(=O)COC(=O)CCC(=O)O. The highest BCUT2D eigenvalue weighted by Gasteiger charge is 2.60. The molecule has 2 unspecified atom stereocenters. The van der Waals surface area contributed by atoms with Crippen molar-refractivity contribution in [3.63, 3.8) is 0 Å². The third-order valence-corrected chi connectivity index (χ3v) is 10.7. The molecule has 8 nitrogen and oxygen atoms in total. The lowest BCUT2D eigenvalue weighted by molar-refractivity contribution is -0.170. The average Bonchev–Trinajstić information content (AvgIpc) is 3.29. The van der Waals surface area contributed by atoms with Crippen LogP contribution in [-0.2, 0) is 28.7 Å². The van der Waals surface area contributed by atoms with Gasteiger partial charge in [0.15, 0.2) is 17.9 Å². The normalized spacial score (nSPS) is 35.5. The second-order valence-electron chi connectivity index (χ2n) is 12.7. The van der Waals surface area contributed by atoms with E-state index >= 15 is 0 Å². The van der Waals surface area contributed by atoms with E-state index in [0.29, 0.717) is 29.7 Å². The summed E-state index contributed by atoms with van der Waals surface area (Å²) in [5.41, 5.74) is 1.43. The molecule has 3 fully saturated rings. The molecular weight excluding hydrogens is 512 g/mol. The van der Waals surface area contributed by atoms with Crippen LogP contribution in [0.1, 0.15) is 83.5 Å². The molecule has 4 aliphatic rings. The molecule has 5 rings (SSSR count). The Bertz CT molecular complexity index is 1190. The zero-order chi connectivity index (χ0) is 28.7. The summed E-state index contributed by atoms with van der Waals surface area (Å²) in [6.07, 6.45) is 5.28. The zero-order valence-electron chi connectivity index (χ0n) is 23.3. The van der Waals surface area contributed by atoms with Crippen molar-refractivity contribution in [3.05, 3.63) is 47.5 Å². The van der Waals surface area contributed by atoms with Crippen LogP contribution in [0, 0.1) is 34.5 Å². The molecule has 0 heterocycles. The number of carbonyl (C=O) groups is 4. The van der Waals surface area contributed by atoms with Crippen molar-refractivity contribution >= 4 is 23.5 Å². The lowest BCUT2D eigenvalue weighted by Gasteiger charge is -2.58. The Morgan fingerprint density at radius 2 is 1.77 bits per heavy atom. The number of esters is 1. The Balaban J connectivity index is 1.27. The molecular formula is C32H40O8. The number of fused-ring (bicyclic) bond motifs is 5. The predicted octanol–water partition coefficient (Wildman–Crippen LogP) is 4.80. The largest absolute Gasteiger partial charge is 0.481 e. The third kappa shape index (κ3) is 5.28. The lowest BCUT2D eigenvalue weighted by Crippen LogP contribution is -2.53. The third-order valence-electron chi connectivity index (χ3n) is 10.7. The van der Waals surface area contributed by atoms with Gasteiger partial charge in [0.25, 0.3) is 0 Å². The van der Waals surface area contributed by atoms with E-state index in [1.807, 2.05) is 18.2 Å². The maximum absolute atomic E-state index is 13.2. The van der Waals surface area contributed by atoms with Crippen LogP contribution in [0.3, 0.4) is 0 Å². The number of ketones is 2. The van der Waals surface area contributed by atoms with Gasteiger partial charge in [-0.1, -0.05) is 49.8 Å². The first-order valence-corrected chi connectivity index (χ1v) is 14.6. The number of aliphatic hydroxyl groups is 1. The number of aliphatic carboxylic acids is 1. The molecule has 2 N–H and O–H groups in total. The van der Waals surface area contributed by atoms with E-state index < -0.39 is 24.3 Å². The number of ether oxygens (including phenoxy) is 2. The number of carboxylic acids is 1. The minimum absolute atomic E-state index is 0.0682. The molecule has 0 radical (unpaired) electrons. The van der Waals surface area contributed by atoms with Crippen LogP contribution in [0.4, 0.5) is 0 Å². The highest BCUT2D eigenvalue weighted by atomic mass is 16.6. The fourth-order valence-electron chi connectivity index (χ4n) is 8.63. The number of hydrogen-bond acceptors (Lipinski definition) is 7. The van der Waals surface area contributed by atoms with Crippen LogP contribution in [0.15, 0.2) is 42.0 Å². The van der Waals surface area contributed by atoms with Crippen molar-refractivity contribution < 1.29 is 38.9 Å². The van der Waals surface area contributed by atoms with Gasteiger partial charge in [-0.3, -0.25) is 19.2 Å². The number of aliphatic hydroxyl groups excluding tert-OH is 1. The summed E-state index contributed by atoms with van der Waals surface area (Å²) in [6, 6.07) is 9.10. The Kier molecular flexibility index (Phi) is 8.03. The van der Waals surface area contributed by atoms with Crippen LogP contribution in [0.2, 0.25) is 0 Å². The number of hydrogen-bond donors (Lipinski definition) is 2. The fourth-order valence-corrected chi connectivity index (χ4v) is 8.63. The number of benzene rings is 1. The maximum Gasteiger partial charge on any atom is 0.306 e. The number of allylic oxidation sites excluding steroid dienone is 1. The molecule has 1 aromatic rings. The molecule has 8 heteroatoms. The van der Waals surface area contributed by atoms with Gasteiger partial charge in [0.05, 0.1) is 12.8 Å². The van der Waals surface area contributed by atoms with Crippen LogP contribution in [-0.4, -0.2) is 46.4 Å². The minimum atomic E-state index is -1.16. The topological polar surface area (TPSA) is 127 Å². The molecule has 8 atom stereocenters. The Labute approximate surface area is 235 Å². The first-order valence-electron chi connectivity index (χ1n) is 14.6. The van der Waals surface area contributed by atoms with Crippen molar-refractivity contribution in [2.24, 2.45) is 34.5 Å². The smallest absolute Gasteiger partial charge is 0.306 e. The number of Topliss-reactive ketones (excluding diaryl/α,β-unsaturated/α-hetero) is 1. The summed E-state index contributed by atoms with van der Waals surface area (Å²) in [6.45, 7) is 4.18. The number of carbonyl (C=O) groups excluding carboxylic acids is 3. The molecule has 0 saturated heterocycles. The Morgan fingerprint density at radius 1 is 1.02 bits per heavy atom. The van der Waals surface area contributed by atoms with Crippen molar-refractivity contribution in [1.29, 1.82) is 0 Å².